The number of benzene rings is 18. The maximum Gasteiger partial charge on any atom is 0.0790 e. The van der Waals surface area contributed by atoms with Gasteiger partial charge in [-0.05, 0) is 285 Å². The molecule has 22 aromatic rings. The van der Waals surface area contributed by atoms with Crippen LogP contribution < -0.4 is 0 Å². The molecule has 4 aromatic heterocycles. The van der Waals surface area contributed by atoms with E-state index >= 15 is 0 Å². The molecular weight excluding hydrogens is 1430 g/mol. The lowest BCUT2D eigenvalue weighted by atomic mass is 9.81. The highest BCUT2D eigenvalue weighted by Crippen LogP contribution is 2.58. The Morgan fingerprint density at radius 2 is 0.432 bits per heavy atom. The Kier molecular flexibility index (Phi) is 14.5. The molecule has 0 amide bonds. The lowest BCUT2D eigenvalue weighted by molar-refractivity contribution is 0.403. The van der Waals surface area contributed by atoms with Crippen LogP contribution in [0.5, 0.6) is 0 Å². The number of hydrogen-bond acceptors (Lipinski definition) is 4. The molecule has 574 valence electrons. The summed E-state index contributed by atoms with van der Waals surface area (Å²) in [5.74, 6) is 0. The summed E-state index contributed by atoms with van der Waals surface area (Å²) in [6, 6.07) is 85.8. The highest BCUT2D eigenvalue weighted by Gasteiger charge is 2.48. The number of aromatic nitrogens is 4. The van der Waals surface area contributed by atoms with E-state index in [0.29, 0.717) is 0 Å². The highest BCUT2D eigenvalue weighted by molar-refractivity contribution is 6.39. The fraction of sp³-hybridized carbons (Fsp3) is 0.246. The quantitative estimate of drug-likeness (QED) is 0.112. The average Bonchev–Trinajstić information content (AvgIpc) is 1.25. The second kappa shape index (κ2) is 23.9. The first-order chi connectivity index (χ1) is 56.4. The van der Waals surface area contributed by atoms with E-state index in [4.69, 9.17) is 19.9 Å². The molecule has 0 fully saturated rings. The molecule has 0 saturated heterocycles. The molecule has 0 spiro atoms. The van der Waals surface area contributed by atoms with Crippen molar-refractivity contribution in [2.45, 2.75) is 180 Å². The molecule has 0 aliphatic heterocycles. The first kappa shape index (κ1) is 71.3. The van der Waals surface area contributed by atoms with Gasteiger partial charge in [-0.2, -0.15) is 0 Å². The first-order valence-electron chi connectivity index (χ1n) is 43.0. The van der Waals surface area contributed by atoms with E-state index in [1.807, 2.05) is 0 Å². The number of nitrogens with zero attached hydrogens (tertiary/aromatic N) is 4. The van der Waals surface area contributed by atoms with Crippen LogP contribution >= 0.6 is 0 Å². The monoisotopic (exact) mass is 1520 g/mol. The number of rotatable bonds is 0. The fourth-order valence-electron chi connectivity index (χ4n) is 25.7. The van der Waals surface area contributed by atoms with Gasteiger partial charge < -0.3 is 0 Å². The van der Waals surface area contributed by atoms with Gasteiger partial charge in [-0.25, -0.2) is 0 Å². The van der Waals surface area contributed by atoms with Gasteiger partial charge in [-0.1, -0.05) is 299 Å². The minimum atomic E-state index is 0.136. The molecule has 0 saturated carbocycles. The summed E-state index contributed by atoms with van der Waals surface area (Å²) >= 11 is 0. The first-order valence-corrected chi connectivity index (χ1v) is 43.0. The summed E-state index contributed by atoms with van der Waals surface area (Å²) in [5.41, 5.74) is 17.6. The Labute approximate surface area is 689 Å². The molecule has 0 atom stereocenters. The molecule has 18 aromatic carbocycles. The van der Waals surface area contributed by atoms with Crippen LogP contribution in [-0.4, -0.2) is 19.9 Å². The van der Waals surface area contributed by atoms with Gasteiger partial charge in [-0.15, -0.1) is 0 Å². The molecule has 0 radical (unpaired) electrons. The highest BCUT2D eigenvalue weighted by atomic mass is 14.7. The summed E-state index contributed by atoms with van der Waals surface area (Å²) < 4.78 is 0. The summed E-state index contributed by atoms with van der Waals surface area (Å²) in [6.45, 7) is 38.1. The lowest BCUT2D eigenvalue weighted by Crippen LogP contribution is -2.18. The van der Waals surface area contributed by atoms with E-state index in [0.717, 1.165) is 41.3 Å². The maximum atomic E-state index is 5.17. The largest absolute Gasteiger partial charge is 0.255 e. The maximum absolute atomic E-state index is 5.17. The van der Waals surface area contributed by atoms with Gasteiger partial charge >= 0.3 is 0 Å². The van der Waals surface area contributed by atoms with Crippen molar-refractivity contribution >= 4 is 194 Å². The van der Waals surface area contributed by atoms with Crippen LogP contribution in [0.2, 0.25) is 0 Å². The van der Waals surface area contributed by atoms with Gasteiger partial charge in [-0.3, -0.25) is 19.9 Å². The van der Waals surface area contributed by atoms with E-state index in [2.05, 4.69) is 366 Å². The lowest BCUT2D eigenvalue weighted by Gasteiger charge is -2.23. The molecule has 4 heteroatoms. The van der Waals surface area contributed by atoms with Crippen molar-refractivity contribution in [2.75, 3.05) is 0 Å². The van der Waals surface area contributed by atoms with Crippen LogP contribution in [0.1, 0.15) is 181 Å². The van der Waals surface area contributed by atoms with Crippen LogP contribution in [0.15, 0.2) is 255 Å². The van der Waals surface area contributed by atoms with Crippen molar-refractivity contribution < 1.29 is 0 Å². The second-order valence-electron chi connectivity index (χ2n) is 41.2. The number of hydrogen-bond donors (Lipinski definition) is 0. The van der Waals surface area contributed by atoms with Crippen molar-refractivity contribution in [3.05, 3.63) is 300 Å². The molecule has 4 aliphatic carbocycles. The SMILES string of the molecule is CC1(C)CC(C)(C)c2c1cnc1c2cc2ccc3c4ccccc4cc4ccc1c2c43.CC1(C)CC(C)(C)c2c1cnc1c2cc2ccc3cc4ccccc4c4ccc1c2c34.CC1(C)CC(C)(C)c2c1cnc1c2cc2cccc3c4cccc5cccc(c54)c1c23.CC1(C)CC(C)(C)c2c1cnc1c2ccc2cc3ccccc3cc21. The Morgan fingerprint density at radius 3 is 0.915 bits per heavy atom. The minimum Gasteiger partial charge on any atom is -0.255 e. The predicted octanol–water partition coefficient (Wildman–Crippen LogP) is 31.2. The normalized spacial score (nSPS) is 17.6. The molecule has 0 unspecified atom stereocenters. The third kappa shape index (κ3) is 10.0. The number of fused-ring (bicyclic) bond motifs is 24. The molecule has 26 rings (SSSR count). The average molecular weight is 1520 g/mol. The Balaban J connectivity index is 0.0000000926. The molecule has 0 bridgehead atoms. The van der Waals surface area contributed by atoms with Gasteiger partial charge in [0.05, 0.1) is 22.1 Å². The summed E-state index contributed by atoms with van der Waals surface area (Å²) in [7, 11) is 0. The minimum absolute atomic E-state index is 0.136. The van der Waals surface area contributed by atoms with E-state index in [9.17, 15) is 0 Å². The van der Waals surface area contributed by atoms with Crippen molar-refractivity contribution in [1.29, 1.82) is 0 Å². The Bertz CT molecular complexity index is 7980. The van der Waals surface area contributed by atoms with Gasteiger partial charge in [0.1, 0.15) is 0 Å². The fourth-order valence-corrected chi connectivity index (χ4v) is 25.7. The Morgan fingerprint density at radius 1 is 0.169 bits per heavy atom. The third-order valence-electron chi connectivity index (χ3n) is 29.3. The summed E-state index contributed by atoms with van der Waals surface area (Å²) in [6.07, 6.45) is 13.3. The van der Waals surface area contributed by atoms with Crippen LogP contribution in [0.3, 0.4) is 0 Å². The topological polar surface area (TPSA) is 51.6 Å². The van der Waals surface area contributed by atoms with E-state index in [-0.39, 0.29) is 43.3 Å². The number of pyridine rings is 4. The van der Waals surface area contributed by atoms with Crippen LogP contribution in [-0.2, 0) is 43.3 Å². The standard InChI is InChI=1S/3C30H25N.C24H23N/c1-29(2)16-30(3,4)27-22-14-18-10-7-12-20-19-11-5-8-17-9-6-13-21(24(17)19)26(25(18)20)28(22)31-15-23(27)29;1-29(2)16-30(3,4)27-23-14-19-9-11-21-20-8-6-5-7-17(20)13-18-10-12-22(26(19)25(18)21)28(23)31-15-24(27)29;1-29(2)16-30(3,4)27-23-14-19-10-9-18-13-17-7-5-6-8-20(17)21-11-12-22(26(19)25(18)21)28(23)31-15-24(27)29;1-23(2)14-24(3,4)21-18-10-9-17-11-15-7-5-6-8-16(15)12-19(17)22(18)25-13-20(21)23/h3*5-15H,16H2,1-4H3;5-13H,14H2,1-4H3. The molecule has 4 heterocycles. The van der Waals surface area contributed by atoms with E-state index < -0.39 is 0 Å². The van der Waals surface area contributed by atoms with Crippen molar-refractivity contribution in [1.82, 2.24) is 19.9 Å². The zero-order chi connectivity index (χ0) is 80.8. The van der Waals surface area contributed by atoms with E-state index in [1.54, 1.807) is 0 Å². The van der Waals surface area contributed by atoms with Gasteiger partial charge in [0.25, 0.3) is 0 Å². The summed E-state index contributed by atoms with van der Waals surface area (Å²) in [5, 5.41) is 42.3. The molecule has 4 aliphatic rings. The smallest absolute Gasteiger partial charge is 0.0790 e. The third-order valence-corrected chi connectivity index (χ3v) is 29.3. The van der Waals surface area contributed by atoms with Crippen LogP contribution in [0.4, 0.5) is 0 Å². The van der Waals surface area contributed by atoms with Crippen molar-refractivity contribution in [2.24, 2.45) is 0 Å². The van der Waals surface area contributed by atoms with Crippen molar-refractivity contribution in [3.8, 4) is 0 Å². The van der Waals surface area contributed by atoms with E-state index in [1.165, 1.54) is 223 Å². The zero-order valence-corrected chi connectivity index (χ0v) is 70.9. The predicted molar refractivity (Wildman–Crippen MR) is 508 cm³/mol. The molecule has 118 heavy (non-hydrogen) atoms. The van der Waals surface area contributed by atoms with Gasteiger partial charge in [0, 0.05) is 67.9 Å². The summed E-state index contributed by atoms with van der Waals surface area (Å²) in [4.78, 5) is 20.3. The second-order valence-corrected chi connectivity index (χ2v) is 41.2. The van der Waals surface area contributed by atoms with Crippen molar-refractivity contribution in [3.63, 3.8) is 0 Å². The van der Waals surface area contributed by atoms with Crippen LogP contribution in [0, 0.1) is 0 Å². The Hall–Kier alpha value is -12.0. The van der Waals surface area contributed by atoms with Gasteiger partial charge in [0.2, 0.25) is 0 Å². The molecule has 4 nitrogen and oxygen atoms in total. The van der Waals surface area contributed by atoms with Crippen LogP contribution in [0.25, 0.3) is 194 Å². The molecular formula is C114H98N4. The van der Waals surface area contributed by atoms with Gasteiger partial charge in [0.15, 0.2) is 0 Å². The zero-order valence-electron chi connectivity index (χ0n) is 70.9. The molecule has 0 N–H and O–H groups in total.